The molecule has 0 heterocycles. The lowest BCUT2D eigenvalue weighted by Gasteiger charge is -2.18. The Morgan fingerprint density at radius 3 is 2.46 bits per heavy atom. The first kappa shape index (κ1) is 17.7. The third-order valence-corrected chi connectivity index (χ3v) is 4.51. The molecule has 0 fully saturated rings. The number of hydrogen-bond acceptors (Lipinski definition) is 2. The molecule has 0 bridgehead atoms. The van der Waals surface area contributed by atoms with Crippen molar-refractivity contribution in [2.75, 3.05) is 0 Å². The number of amides is 1. The topological polar surface area (TPSA) is 66.4 Å². The summed E-state index contributed by atoms with van der Waals surface area (Å²) in [5.74, 6) is -1.06. The molecule has 0 spiro atoms. The quantitative estimate of drug-likeness (QED) is 0.697. The summed E-state index contributed by atoms with van der Waals surface area (Å²) in [5.41, 5.74) is 2.33. The van der Waals surface area contributed by atoms with Crippen molar-refractivity contribution in [2.45, 2.75) is 25.8 Å². The Morgan fingerprint density at radius 1 is 0.962 bits per heavy atom. The van der Waals surface area contributed by atoms with Gasteiger partial charge >= 0.3 is 5.97 Å². The van der Waals surface area contributed by atoms with Gasteiger partial charge in [-0.2, -0.15) is 0 Å². The molecule has 0 radical (unpaired) electrons. The molecule has 0 unspecified atom stereocenters. The second-order valence-corrected chi connectivity index (χ2v) is 6.31. The van der Waals surface area contributed by atoms with Gasteiger partial charge in [-0.3, -0.25) is 9.59 Å². The van der Waals surface area contributed by atoms with Gasteiger partial charge in [0.25, 0.3) is 5.91 Å². The minimum atomic E-state index is -0.871. The zero-order chi connectivity index (χ0) is 18.5. The van der Waals surface area contributed by atoms with Crippen molar-refractivity contribution in [1.29, 1.82) is 0 Å². The van der Waals surface area contributed by atoms with Gasteiger partial charge in [0.05, 0.1) is 6.04 Å². The maximum Gasteiger partial charge on any atom is 0.303 e. The van der Waals surface area contributed by atoms with Crippen molar-refractivity contribution in [2.24, 2.45) is 0 Å². The average Bonchev–Trinajstić information content (AvgIpc) is 2.66. The zero-order valence-electron chi connectivity index (χ0n) is 14.6. The molecule has 3 aromatic rings. The summed E-state index contributed by atoms with van der Waals surface area (Å²) < 4.78 is 0. The van der Waals surface area contributed by atoms with Crippen LogP contribution in [0.2, 0.25) is 0 Å². The van der Waals surface area contributed by atoms with Gasteiger partial charge in [-0.05, 0) is 41.3 Å². The van der Waals surface area contributed by atoms with Crippen LogP contribution in [0.4, 0.5) is 0 Å². The molecule has 1 amide bonds. The summed E-state index contributed by atoms with van der Waals surface area (Å²) in [6.45, 7) is 1.96. The molecule has 0 aliphatic rings. The molecular weight excluding hydrogens is 326 g/mol. The number of benzene rings is 3. The van der Waals surface area contributed by atoms with Gasteiger partial charge in [0.1, 0.15) is 0 Å². The minimum absolute atomic E-state index is 0.00314. The third kappa shape index (κ3) is 3.91. The summed E-state index contributed by atoms with van der Waals surface area (Å²) in [6.07, 6.45) is 0.338. The number of carbonyl (C=O) groups excluding carboxylic acids is 1. The first-order valence-electron chi connectivity index (χ1n) is 8.64. The normalized spacial score (nSPS) is 11.9. The van der Waals surface area contributed by atoms with Crippen LogP contribution in [0, 0.1) is 0 Å². The van der Waals surface area contributed by atoms with Crippen LogP contribution in [0.25, 0.3) is 10.8 Å². The molecule has 2 N–H and O–H groups in total. The highest BCUT2D eigenvalue weighted by Crippen LogP contribution is 2.24. The predicted molar refractivity (Wildman–Crippen MR) is 102 cm³/mol. The van der Waals surface area contributed by atoms with Crippen LogP contribution in [-0.4, -0.2) is 17.0 Å². The van der Waals surface area contributed by atoms with Gasteiger partial charge in [0.15, 0.2) is 0 Å². The van der Waals surface area contributed by atoms with Crippen molar-refractivity contribution in [3.63, 3.8) is 0 Å². The number of carboxylic acids is 1. The van der Waals surface area contributed by atoms with Gasteiger partial charge in [0, 0.05) is 12.0 Å². The Bertz CT molecular complexity index is 944. The molecule has 132 valence electrons. The highest BCUT2D eigenvalue weighted by molar-refractivity contribution is 5.96. The van der Waals surface area contributed by atoms with Crippen molar-refractivity contribution in [3.05, 3.63) is 83.4 Å². The van der Waals surface area contributed by atoms with E-state index < -0.39 is 5.97 Å². The molecule has 26 heavy (non-hydrogen) atoms. The van der Waals surface area contributed by atoms with E-state index in [1.807, 2.05) is 43.3 Å². The molecule has 4 nitrogen and oxygen atoms in total. The molecule has 0 saturated heterocycles. The van der Waals surface area contributed by atoms with Crippen LogP contribution in [-0.2, 0) is 11.2 Å². The van der Waals surface area contributed by atoms with E-state index in [1.165, 1.54) is 0 Å². The fourth-order valence-electron chi connectivity index (χ4n) is 3.18. The van der Waals surface area contributed by atoms with Gasteiger partial charge in [-0.15, -0.1) is 0 Å². The molecule has 0 aliphatic heterocycles. The lowest BCUT2D eigenvalue weighted by Crippen LogP contribution is -2.27. The minimum Gasteiger partial charge on any atom is -0.481 e. The highest BCUT2D eigenvalue weighted by atomic mass is 16.4. The lowest BCUT2D eigenvalue weighted by molar-refractivity contribution is -0.136. The van der Waals surface area contributed by atoms with Crippen LogP contribution in [0.3, 0.4) is 0 Å². The third-order valence-electron chi connectivity index (χ3n) is 4.51. The summed E-state index contributed by atoms with van der Waals surface area (Å²) in [7, 11) is 0. The molecule has 1 atom stereocenters. The standard InChI is InChI=1S/C22H21NO3/c1-15(18-12-6-9-16-7-2-4-10-19(16)18)23-22(26)20-11-5-3-8-17(20)13-14-21(24)25/h2-12,15H,13-14H2,1H3,(H,23,26)(H,24,25)/t15-/m1/s1. The summed E-state index contributed by atoms with van der Waals surface area (Å²) in [5, 5.41) is 14.2. The van der Waals surface area contributed by atoms with E-state index in [-0.39, 0.29) is 18.4 Å². The number of carbonyl (C=O) groups is 2. The molecule has 0 saturated carbocycles. The van der Waals surface area contributed by atoms with E-state index in [0.29, 0.717) is 12.0 Å². The molecule has 0 aromatic heterocycles. The van der Waals surface area contributed by atoms with Crippen LogP contribution < -0.4 is 5.32 Å². The second kappa shape index (κ2) is 7.83. The fourth-order valence-corrected chi connectivity index (χ4v) is 3.18. The first-order valence-corrected chi connectivity index (χ1v) is 8.64. The molecule has 4 heteroatoms. The van der Waals surface area contributed by atoms with Gasteiger partial charge in [-0.1, -0.05) is 60.7 Å². The number of rotatable bonds is 6. The molecule has 0 aliphatic carbocycles. The molecule has 3 aromatic carbocycles. The molecule has 3 rings (SSSR count). The highest BCUT2D eigenvalue weighted by Gasteiger charge is 2.16. The number of carboxylic acid groups (broad SMARTS) is 1. The van der Waals surface area contributed by atoms with Gasteiger partial charge < -0.3 is 10.4 Å². The van der Waals surface area contributed by atoms with Gasteiger partial charge in [-0.25, -0.2) is 0 Å². The number of fused-ring (bicyclic) bond motifs is 1. The van der Waals surface area contributed by atoms with Crippen LogP contribution in [0.1, 0.15) is 40.9 Å². The Kier molecular flexibility index (Phi) is 5.32. The van der Waals surface area contributed by atoms with E-state index in [4.69, 9.17) is 5.11 Å². The van der Waals surface area contributed by atoms with E-state index in [2.05, 4.69) is 17.4 Å². The van der Waals surface area contributed by atoms with Crippen LogP contribution >= 0.6 is 0 Å². The Morgan fingerprint density at radius 2 is 1.65 bits per heavy atom. The monoisotopic (exact) mass is 347 g/mol. The number of nitrogens with one attached hydrogen (secondary N) is 1. The van der Waals surface area contributed by atoms with Crippen LogP contribution in [0.15, 0.2) is 66.7 Å². The predicted octanol–water partition coefficient (Wildman–Crippen LogP) is 4.35. The number of aliphatic carboxylic acids is 1. The second-order valence-electron chi connectivity index (χ2n) is 6.31. The zero-order valence-corrected chi connectivity index (χ0v) is 14.6. The van der Waals surface area contributed by atoms with Crippen molar-refractivity contribution in [3.8, 4) is 0 Å². The molecular formula is C22H21NO3. The largest absolute Gasteiger partial charge is 0.481 e. The Hall–Kier alpha value is -3.14. The van der Waals surface area contributed by atoms with Crippen molar-refractivity contribution >= 4 is 22.6 Å². The SMILES string of the molecule is C[C@@H](NC(=O)c1ccccc1CCC(=O)O)c1cccc2ccccc12. The summed E-state index contributed by atoms with van der Waals surface area (Å²) in [6, 6.07) is 21.1. The van der Waals surface area contributed by atoms with Crippen molar-refractivity contribution in [1.82, 2.24) is 5.32 Å². The van der Waals surface area contributed by atoms with E-state index in [0.717, 1.165) is 21.9 Å². The Balaban J connectivity index is 1.82. The average molecular weight is 347 g/mol. The van der Waals surface area contributed by atoms with Gasteiger partial charge in [0.2, 0.25) is 0 Å². The number of hydrogen-bond donors (Lipinski definition) is 2. The van der Waals surface area contributed by atoms with E-state index >= 15 is 0 Å². The van der Waals surface area contributed by atoms with E-state index in [9.17, 15) is 9.59 Å². The summed E-state index contributed by atoms with van der Waals surface area (Å²) in [4.78, 5) is 23.6. The number of aryl methyl sites for hydroxylation is 1. The fraction of sp³-hybridized carbons (Fsp3) is 0.182. The van der Waals surface area contributed by atoms with E-state index in [1.54, 1.807) is 18.2 Å². The maximum atomic E-state index is 12.8. The van der Waals surface area contributed by atoms with Crippen molar-refractivity contribution < 1.29 is 14.7 Å². The maximum absolute atomic E-state index is 12.8. The summed E-state index contributed by atoms with van der Waals surface area (Å²) >= 11 is 0. The smallest absolute Gasteiger partial charge is 0.303 e. The van der Waals surface area contributed by atoms with Crippen LogP contribution in [0.5, 0.6) is 0 Å². The first-order chi connectivity index (χ1) is 12.6. The Labute approximate surface area is 152 Å². The lowest BCUT2D eigenvalue weighted by atomic mass is 9.98.